The van der Waals surface area contributed by atoms with E-state index in [2.05, 4.69) is 95.6 Å². The summed E-state index contributed by atoms with van der Waals surface area (Å²) in [6.45, 7) is 0. The second-order valence-corrected chi connectivity index (χ2v) is 10.1. The predicted molar refractivity (Wildman–Crippen MR) is 140 cm³/mol. The van der Waals surface area contributed by atoms with Gasteiger partial charge >= 0.3 is 0 Å². The first-order valence-electron chi connectivity index (χ1n) is 12.3. The SMILES string of the molecule is c1ccc2c(c1)Cc1ccc3c(c1-2)Cc1cc2c(c4c5ccccc5n-3c14)-c1ccccc1C2. The first-order valence-corrected chi connectivity index (χ1v) is 12.3. The van der Waals surface area contributed by atoms with E-state index in [-0.39, 0.29) is 0 Å². The third-order valence-corrected chi connectivity index (χ3v) is 8.42. The van der Waals surface area contributed by atoms with Gasteiger partial charge in [0.25, 0.3) is 0 Å². The van der Waals surface area contributed by atoms with Crippen molar-refractivity contribution < 1.29 is 0 Å². The second-order valence-electron chi connectivity index (χ2n) is 10.1. The fourth-order valence-corrected chi connectivity index (χ4v) is 7.13. The molecule has 0 saturated carbocycles. The van der Waals surface area contributed by atoms with Gasteiger partial charge in [-0.05, 0) is 80.6 Å². The molecule has 2 heterocycles. The molecule has 1 heteroatoms. The molecule has 0 bridgehead atoms. The van der Waals surface area contributed by atoms with Crippen LogP contribution in [0.1, 0.15) is 33.4 Å². The summed E-state index contributed by atoms with van der Waals surface area (Å²) in [5.41, 5.74) is 18.7. The van der Waals surface area contributed by atoms with Crippen molar-refractivity contribution in [3.8, 4) is 27.9 Å². The van der Waals surface area contributed by atoms with Crippen LogP contribution in [-0.4, -0.2) is 4.57 Å². The number of para-hydroxylation sites is 1. The van der Waals surface area contributed by atoms with Crippen molar-refractivity contribution in [2.24, 2.45) is 0 Å². The zero-order valence-corrected chi connectivity index (χ0v) is 18.7. The van der Waals surface area contributed by atoms with E-state index in [1.165, 1.54) is 83.1 Å². The molecule has 5 aromatic carbocycles. The van der Waals surface area contributed by atoms with Gasteiger partial charge in [0.1, 0.15) is 0 Å². The molecule has 0 unspecified atom stereocenters. The van der Waals surface area contributed by atoms with Crippen molar-refractivity contribution in [2.45, 2.75) is 19.3 Å². The minimum atomic E-state index is 1.00. The van der Waals surface area contributed by atoms with Gasteiger partial charge in [0, 0.05) is 17.2 Å². The number of hydrogen-bond donors (Lipinski definition) is 0. The molecule has 158 valence electrons. The van der Waals surface area contributed by atoms with Crippen molar-refractivity contribution >= 4 is 21.8 Å². The van der Waals surface area contributed by atoms with Gasteiger partial charge in [0.2, 0.25) is 0 Å². The van der Waals surface area contributed by atoms with E-state index < -0.39 is 0 Å². The van der Waals surface area contributed by atoms with E-state index in [0.29, 0.717) is 0 Å². The maximum absolute atomic E-state index is 2.57. The second kappa shape index (κ2) is 5.87. The summed E-state index contributed by atoms with van der Waals surface area (Å²) in [4.78, 5) is 0. The summed E-state index contributed by atoms with van der Waals surface area (Å²) in [5.74, 6) is 0. The van der Waals surface area contributed by atoms with E-state index >= 15 is 0 Å². The lowest BCUT2D eigenvalue weighted by atomic mass is 9.88. The van der Waals surface area contributed by atoms with Crippen LogP contribution in [0.4, 0.5) is 0 Å². The largest absolute Gasteiger partial charge is 0.309 e. The molecule has 1 aliphatic heterocycles. The van der Waals surface area contributed by atoms with Gasteiger partial charge in [-0.3, -0.25) is 0 Å². The summed E-state index contributed by atoms with van der Waals surface area (Å²) in [6.07, 6.45) is 3.09. The Balaban J connectivity index is 1.46. The van der Waals surface area contributed by atoms with Gasteiger partial charge < -0.3 is 4.57 Å². The Morgan fingerprint density at radius 3 is 2.09 bits per heavy atom. The van der Waals surface area contributed by atoms with Crippen molar-refractivity contribution in [1.82, 2.24) is 4.57 Å². The van der Waals surface area contributed by atoms with Crippen molar-refractivity contribution in [3.63, 3.8) is 0 Å². The standard InChI is InChI=1S/C33H21N/c1-3-9-24-19(7-1)15-21-13-14-29-27(30(21)24)18-23-17-22-16-20-8-2-4-10-25(20)31(22)32-26-11-5-6-12-28(26)34(29)33(23)32/h1-14,17H,15-16,18H2. The molecule has 0 saturated heterocycles. The molecule has 1 nitrogen and oxygen atoms in total. The Bertz CT molecular complexity index is 1880. The zero-order valence-electron chi connectivity index (χ0n) is 18.7. The Morgan fingerprint density at radius 1 is 0.529 bits per heavy atom. The quantitative estimate of drug-likeness (QED) is 0.231. The van der Waals surface area contributed by atoms with Crippen molar-refractivity contribution in [1.29, 1.82) is 0 Å². The molecule has 0 N–H and O–H groups in total. The summed E-state index contributed by atoms with van der Waals surface area (Å²) in [7, 11) is 0. The van der Waals surface area contributed by atoms with Crippen LogP contribution in [0.2, 0.25) is 0 Å². The molecule has 0 spiro atoms. The minimum absolute atomic E-state index is 1.00. The lowest BCUT2D eigenvalue weighted by Gasteiger charge is -2.24. The minimum Gasteiger partial charge on any atom is -0.309 e. The molecule has 9 rings (SSSR count). The third kappa shape index (κ3) is 1.94. The third-order valence-electron chi connectivity index (χ3n) is 8.42. The van der Waals surface area contributed by atoms with E-state index in [1.54, 1.807) is 0 Å². The summed E-state index contributed by atoms with van der Waals surface area (Å²) in [5, 5.41) is 2.82. The molecule has 0 amide bonds. The Labute approximate surface area is 197 Å². The van der Waals surface area contributed by atoms with Crippen molar-refractivity contribution in [2.75, 3.05) is 0 Å². The van der Waals surface area contributed by atoms with E-state index in [4.69, 9.17) is 0 Å². The van der Waals surface area contributed by atoms with Crippen LogP contribution in [0.3, 0.4) is 0 Å². The summed E-state index contributed by atoms with van der Waals surface area (Å²) < 4.78 is 2.57. The Morgan fingerprint density at radius 2 is 1.24 bits per heavy atom. The lowest BCUT2D eigenvalue weighted by molar-refractivity contribution is 1.04. The zero-order chi connectivity index (χ0) is 22.0. The number of hydrogen-bond acceptors (Lipinski definition) is 0. The number of benzene rings is 5. The van der Waals surface area contributed by atoms with E-state index in [1.807, 2.05) is 0 Å². The fourth-order valence-electron chi connectivity index (χ4n) is 7.13. The molecular formula is C33H21N. The van der Waals surface area contributed by atoms with Gasteiger partial charge in [0.15, 0.2) is 0 Å². The molecule has 3 aliphatic rings. The number of aromatic nitrogens is 1. The summed E-state index contributed by atoms with van der Waals surface area (Å²) in [6, 6.07) is 34.3. The molecule has 0 atom stereocenters. The van der Waals surface area contributed by atoms with Crippen LogP contribution in [0.15, 0.2) is 91.0 Å². The molecule has 34 heavy (non-hydrogen) atoms. The average molecular weight is 432 g/mol. The van der Waals surface area contributed by atoms with Crippen LogP contribution in [-0.2, 0) is 19.3 Å². The molecule has 0 fully saturated rings. The average Bonchev–Trinajstić information content (AvgIpc) is 3.54. The van der Waals surface area contributed by atoms with Crippen LogP contribution in [0.5, 0.6) is 0 Å². The monoisotopic (exact) mass is 431 g/mol. The highest BCUT2D eigenvalue weighted by Crippen LogP contribution is 2.51. The molecular weight excluding hydrogens is 410 g/mol. The van der Waals surface area contributed by atoms with Gasteiger partial charge in [-0.15, -0.1) is 0 Å². The van der Waals surface area contributed by atoms with Gasteiger partial charge in [-0.1, -0.05) is 78.9 Å². The maximum atomic E-state index is 2.57. The number of rotatable bonds is 0. The molecule has 1 aromatic heterocycles. The highest BCUT2D eigenvalue weighted by molar-refractivity contribution is 6.19. The van der Waals surface area contributed by atoms with E-state index in [0.717, 1.165) is 19.3 Å². The van der Waals surface area contributed by atoms with Crippen molar-refractivity contribution in [3.05, 3.63) is 124 Å². The normalized spacial score (nSPS) is 14.1. The smallest absolute Gasteiger partial charge is 0.0583 e. The molecule has 2 aliphatic carbocycles. The predicted octanol–water partition coefficient (Wildman–Crippen LogP) is 7.83. The molecule has 6 aromatic rings. The first kappa shape index (κ1) is 17.4. The number of fused-ring (bicyclic) bond motifs is 13. The van der Waals surface area contributed by atoms with E-state index in [9.17, 15) is 0 Å². The topological polar surface area (TPSA) is 4.93 Å². The van der Waals surface area contributed by atoms with Gasteiger partial charge in [0.05, 0.1) is 16.7 Å². The Hall–Kier alpha value is -4.10. The van der Waals surface area contributed by atoms with Crippen LogP contribution in [0.25, 0.3) is 49.7 Å². The summed E-state index contributed by atoms with van der Waals surface area (Å²) >= 11 is 0. The fraction of sp³-hybridized carbons (Fsp3) is 0.0909. The maximum Gasteiger partial charge on any atom is 0.0583 e. The van der Waals surface area contributed by atoms with Crippen LogP contribution < -0.4 is 0 Å². The van der Waals surface area contributed by atoms with Crippen LogP contribution >= 0.6 is 0 Å². The van der Waals surface area contributed by atoms with Crippen LogP contribution in [0, 0.1) is 0 Å². The highest BCUT2D eigenvalue weighted by atomic mass is 15.0. The number of nitrogens with zero attached hydrogens (tertiary/aromatic N) is 1. The molecule has 0 radical (unpaired) electrons. The van der Waals surface area contributed by atoms with Gasteiger partial charge in [-0.25, -0.2) is 0 Å². The Kier molecular flexibility index (Phi) is 3.00. The lowest BCUT2D eigenvalue weighted by Crippen LogP contribution is -2.10. The highest BCUT2D eigenvalue weighted by Gasteiger charge is 2.32. The first-order chi connectivity index (χ1) is 16.9. The van der Waals surface area contributed by atoms with Gasteiger partial charge in [-0.2, -0.15) is 0 Å².